The molecule has 0 atom stereocenters. The normalized spacial score (nSPS) is 15.5. The highest BCUT2D eigenvalue weighted by Gasteiger charge is 2.31. The number of ketones is 1. The van der Waals surface area contributed by atoms with Crippen molar-refractivity contribution in [1.82, 2.24) is 0 Å². The predicted octanol–water partition coefficient (Wildman–Crippen LogP) is 4.76. The summed E-state index contributed by atoms with van der Waals surface area (Å²) in [7, 11) is 0. The Kier molecular flexibility index (Phi) is 5.64. The fourth-order valence-electron chi connectivity index (χ4n) is 4.45. The van der Waals surface area contributed by atoms with Crippen molar-refractivity contribution in [2.75, 3.05) is 10.2 Å². The molecule has 1 aliphatic heterocycles. The van der Waals surface area contributed by atoms with Gasteiger partial charge in [0.1, 0.15) is 5.00 Å². The molecule has 0 bridgehead atoms. The molecular formula is C26H22N2O4S. The zero-order valence-corrected chi connectivity index (χ0v) is 18.7. The van der Waals surface area contributed by atoms with Crippen molar-refractivity contribution >= 4 is 45.5 Å². The number of amides is 3. The van der Waals surface area contributed by atoms with Gasteiger partial charge in [0.15, 0.2) is 5.78 Å². The Hall–Kier alpha value is -3.58. The molecule has 1 fully saturated rings. The highest BCUT2D eigenvalue weighted by Crippen LogP contribution is 2.39. The second kappa shape index (κ2) is 8.75. The van der Waals surface area contributed by atoms with Crippen LogP contribution in [0.4, 0.5) is 10.7 Å². The Bertz CT molecular complexity index is 1260. The van der Waals surface area contributed by atoms with Crippen LogP contribution in [0.15, 0.2) is 54.6 Å². The van der Waals surface area contributed by atoms with Crippen molar-refractivity contribution in [1.29, 1.82) is 0 Å². The minimum atomic E-state index is -0.378. The molecule has 0 saturated carbocycles. The molecule has 2 heterocycles. The summed E-state index contributed by atoms with van der Waals surface area (Å²) in [5, 5.41) is 3.50. The molecule has 3 amide bonds. The molecule has 6 nitrogen and oxygen atoms in total. The third-order valence-electron chi connectivity index (χ3n) is 6.08. The lowest BCUT2D eigenvalue weighted by molar-refractivity contribution is -0.121. The molecule has 1 aromatic heterocycles. The van der Waals surface area contributed by atoms with Crippen LogP contribution in [0.1, 0.15) is 62.4 Å². The average Bonchev–Trinajstić information content (AvgIpc) is 3.37. The molecule has 3 aromatic rings. The summed E-state index contributed by atoms with van der Waals surface area (Å²) in [4.78, 5) is 53.0. The number of nitrogens with one attached hydrogen (secondary N) is 1. The van der Waals surface area contributed by atoms with Crippen LogP contribution in [-0.2, 0) is 22.4 Å². The lowest BCUT2D eigenvalue weighted by Gasteiger charge is -2.15. The minimum Gasteiger partial charge on any atom is -0.313 e. The molecule has 1 saturated heterocycles. The standard InChI is InChI=1S/C26H22N2O4S/c29-21-13-14-22(30)28(21)18-10-6-9-17(15-18)25(32)27-26-23(19-11-4-5-12-20(19)33-26)24(31)16-7-2-1-3-8-16/h1-3,6-10,15H,4-5,11-14H2,(H,27,32). The molecule has 0 radical (unpaired) electrons. The number of hydrogen-bond donors (Lipinski definition) is 1. The molecule has 1 N–H and O–H groups in total. The van der Waals surface area contributed by atoms with E-state index in [9.17, 15) is 19.2 Å². The summed E-state index contributed by atoms with van der Waals surface area (Å²) in [6.45, 7) is 0. The van der Waals surface area contributed by atoms with Gasteiger partial charge in [-0.1, -0.05) is 36.4 Å². The monoisotopic (exact) mass is 458 g/mol. The van der Waals surface area contributed by atoms with E-state index in [-0.39, 0.29) is 36.3 Å². The molecule has 1 aliphatic carbocycles. The first-order chi connectivity index (χ1) is 16.0. The van der Waals surface area contributed by atoms with E-state index in [2.05, 4.69) is 5.32 Å². The third kappa shape index (κ3) is 4.00. The summed E-state index contributed by atoms with van der Waals surface area (Å²) < 4.78 is 0. The third-order valence-corrected chi connectivity index (χ3v) is 7.29. The van der Waals surface area contributed by atoms with Gasteiger partial charge in [0.2, 0.25) is 11.8 Å². The van der Waals surface area contributed by atoms with Gasteiger partial charge >= 0.3 is 0 Å². The van der Waals surface area contributed by atoms with E-state index in [1.807, 2.05) is 18.2 Å². The number of fused-ring (bicyclic) bond motifs is 1. The van der Waals surface area contributed by atoms with E-state index in [1.165, 1.54) is 11.3 Å². The Morgan fingerprint density at radius 2 is 1.52 bits per heavy atom. The first-order valence-electron chi connectivity index (χ1n) is 11.0. The zero-order chi connectivity index (χ0) is 22.9. The van der Waals surface area contributed by atoms with Crippen molar-refractivity contribution < 1.29 is 19.2 Å². The van der Waals surface area contributed by atoms with Crippen molar-refractivity contribution in [2.45, 2.75) is 38.5 Å². The van der Waals surface area contributed by atoms with Gasteiger partial charge in [-0.3, -0.25) is 24.1 Å². The number of benzene rings is 2. The van der Waals surface area contributed by atoms with Crippen LogP contribution in [0.25, 0.3) is 0 Å². The number of imide groups is 1. The van der Waals surface area contributed by atoms with Crippen LogP contribution in [-0.4, -0.2) is 23.5 Å². The van der Waals surface area contributed by atoms with Crippen molar-refractivity contribution in [2.24, 2.45) is 0 Å². The second-order valence-corrected chi connectivity index (χ2v) is 9.34. The lowest BCUT2D eigenvalue weighted by Crippen LogP contribution is -2.28. The van der Waals surface area contributed by atoms with E-state index in [0.29, 0.717) is 27.4 Å². The SMILES string of the molecule is O=C(Nc1sc2c(c1C(=O)c1ccccc1)CCCC2)c1cccc(N2C(=O)CCC2=O)c1. The highest BCUT2D eigenvalue weighted by molar-refractivity contribution is 7.17. The summed E-state index contributed by atoms with van der Waals surface area (Å²) in [5.74, 6) is -0.998. The van der Waals surface area contributed by atoms with Gasteiger partial charge in [-0.2, -0.15) is 0 Å². The minimum absolute atomic E-state index is 0.0905. The molecule has 0 spiro atoms. The first kappa shape index (κ1) is 21.3. The van der Waals surface area contributed by atoms with Gasteiger partial charge in [-0.15, -0.1) is 11.3 Å². The number of anilines is 2. The van der Waals surface area contributed by atoms with Gasteiger partial charge in [-0.05, 0) is 49.4 Å². The van der Waals surface area contributed by atoms with E-state index >= 15 is 0 Å². The average molecular weight is 459 g/mol. The number of rotatable bonds is 5. The zero-order valence-electron chi connectivity index (χ0n) is 17.9. The second-order valence-electron chi connectivity index (χ2n) is 8.24. The molecule has 2 aliphatic rings. The van der Waals surface area contributed by atoms with Crippen molar-refractivity contribution in [3.05, 3.63) is 81.7 Å². The van der Waals surface area contributed by atoms with Crippen LogP contribution in [0.5, 0.6) is 0 Å². The Morgan fingerprint density at radius 1 is 0.818 bits per heavy atom. The summed E-state index contributed by atoms with van der Waals surface area (Å²) >= 11 is 1.47. The van der Waals surface area contributed by atoms with Crippen molar-refractivity contribution in [3.8, 4) is 0 Å². The van der Waals surface area contributed by atoms with Crippen LogP contribution < -0.4 is 10.2 Å². The van der Waals surface area contributed by atoms with Crippen LogP contribution in [0.2, 0.25) is 0 Å². The highest BCUT2D eigenvalue weighted by atomic mass is 32.1. The molecule has 33 heavy (non-hydrogen) atoms. The maximum absolute atomic E-state index is 13.4. The molecule has 5 rings (SSSR count). The predicted molar refractivity (Wildman–Crippen MR) is 127 cm³/mol. The fraction of sp³-hybridized carbons (Fsp3) is 0.231. The van der Waals surface area contributed by atoms with Gasteiger partial charge in [0, 0.05) is 28.8 Å². The fourth-order valence-corrected chi connectivity index (χ4v) is 5.74. The summed E-state index contributed by atoms with van der Waals surface area (Å²) in [6.07, 6.45) is 4.18. The van der Waals surface area contributed by atoms with E-state index in [1.54, 1.807) is 36.4 Å². The Balaban J connectivity index is 1.47. The van der Waals surface area contributed by atoms with E-state index in [4.69, 9.17) is 0 Å². The Labute approximate surface area is 195 Å². The molecule has 7 heteroatoms. The topological polar surface area (TPSA) is 83.6 Å². The van der Waals surface area contributed by atoms with Crippen LogP contribution >= 0.6 is 11.3 Å². The quantitative estimate of drug-likeness (QED) is 0.441. The number of aryl methyl sites for hydroxylation is 1. The lowest BCUT2D eigenvalue weighted by atomic mass is 9.92. The largest absolute Gasteiger partial charge is 0.313 e. The molecule has 2 aromatic carbocycles. The van der Waals surface area contributed by atoms with Crippen LogP contribution in [0.3, 0.4) is 0 Å². The van der Waals surface area contributed by atoms with Gasteiger partial charge < -0.3 is 5.32 Å². The summed E-state index contributed by atoms with van der Waals surface area (Å²) in [6, 6.07) is 15.6. The van der Waals surface area contributed by atoms with Gasteiger partial charge in [0.25, 0.3) is 5.91 Å². The smallest absolute Gasteiger partial charge is 0.256 e. The van der Waals surface area contributed by atoms with Crippen LogP contribution in [0, 0.1) is 0 Å². The first-order valence-corrected chi connectivity index (χ1v) is 11.9. The number of hydrogen-bond acceptors (Lipinski definition) is 5. The van der Waals surface area contributed by atoms with Crippen molar-refractivity contribution in [3.63, 3.8) is 0 Å². The summed E-state index contributed by atoms with van der Waals surface area (Å²) in [5.41, 5.74) is 2.92. The number of nitrogens with zero attached hydrogens (tertiary/aromatic N) is 1. The van der Waals surface area contributed by atoms with E-state index in [0.717, 1.165) is 41.0 Å². The Morgan fingerprint density at radius 3 is 2.27 bits per heavy atom. The molecule has 166 valence electrons. The van der Waals surface area contributed by atoms with Gasteiger partial charge in [0.05, 0.1) is 11.3 Å². The number of carbonyl (C=O) groups excluding carboxylic acids is 4. The number of carbonyl (C=O) groups is 4. The van der Waals surface area contributed by atoms with E-state index < -0.39 is 0 Å². The maximum Gasteiger partial charge on any atom is 0.256 e. The van der Waals surface area contributed by atoms with Gasteiger partial charge in [-0.25, -0.2) is 0 Å². The maximum atomic E-state index is 13.4. The molecule has 0 unspecified atom stereocenters. The molecular weight excluding hydrogens is 436 g/mol. The number of thiophene rings is 1.